The molecule has 1 aromatic carbocycles. The van der Waals surface area contributed by atoms with Crippen LogP contribution in [0.4, 0.5) is 0 Å². The van der Waals surface area contributed by atoms with E-state index >= 15 is 0 Å². The maximum absolute atomic E-state index is 13.2. The van der Waals surface area contributed by atoms with Gasteiger partial charge in [0.05, 0.1) is 5.92 Å². The van der Waals surface area contributed by atoms with Gasteiger partial charge in [0.15, 0.2) is 0 Å². The summed E-state index contributed by atoms with van der Waals surface area (Å²) in [6, 6.07) is 12.2. The zero-order chi connectivity index (χ0) is 21.5. The molecule has 5 heteroatoms. The number of hydrogen-bond donors (Lipinski definition) is 0. The number of carbonyl (C=O) groups is 2. The van der Waals surface area contributed by atoms with Gasteiger partial charge in [0.2, 0.25) is 11.8 Å². The van der Waals surface area contributed by atoms with Crippen LogP contribution in [-0.2, 0) is 16.0 Å². The molecule has 5 nitrogen and oxygen atoms in total. The van der Waals surface area contributed by atoms with Crippen LogP contribution >= 0.6 is 0 Å². The van der Waals surface area contributed by atoms with Gasteiger partial charge < -0.3 is 9.80 Å². The Morgan fingerprint density at radius 2 is 1.97 bits per heavy atom. The molecule has 2 amide bonds. The van der Waals surface area contributed by atoms with Crippen LogP contribution in [0.15, 0.2) is 61.4 Å². The summed E-state index contributed by atoms with van der Waals surface area (Å²) >= 11 is 0. The standard InChI is InChI=1S/C25H31N3O2/c1-4-12-27-13-14-28(24(29)15-19(2)3)18-23(25(27)30)16-20-7-9-21(10-8-20)22-6-5-11-26-17-22/h4-11,17,19,23H,1,12-16,18H2,2-3H3/t23-/m1/s1. The van der Waals surface area contributed by atoms with Crippen LogP contribution in [0.5, 0.6) is 0 Å². The molecule has 0 bridgehead atoms. The summed E-state index contributed by atoms with van der Waals surface area (Å²) < 4.78 is 0. The molecule has 0 unspecified atom stereocenters. The monoisotopic (exact) mass is 405 g/mol. The maximum Gasteiger partial charge on any atom is 0.228 e. The van der Waals surface area contributed by atoms with E-state index in [1.54, 1.807) is 12.3 Å². The lowest BCUT2D eigenvalue weighted by atomic mass is 9.95. The molecule has 1 aromatic heterocycles. The SMILES string of the molecule is C=CCN1CCN(C(=O)CC(C)C)C[C@@H](Cc2ccc(-c3cccnc3)cc2)C1=O. The van der Waals surface area contributed by atoms with E-state index in [1.165, 1.54) is 0 Å². The van der Waals surface area contributed by atoms with Gasteiger partial charge in [-0.15, -0.1) is 6.58 Å². The van der Waals surface area contributed by atoms with Crippen LogP contribution in [0.1, 0.15) is 25.8 Å². The number of aromatic nitrogens is 1. The maximum atomic E-state index is 13.2. The first-order valence-electron chi connectivity index (χ1n) is 10.6. The third kappa shape index (κ3) is 5.56. The number of carbonyl (C=O) groups excluding carboxylic acids is 2. The van der Waals surface area contributed by atoms with Crippen LogP contribution in [0.2, 0.25) is 0 Å². The minimum Gasteiger partial charge on any atom is -0.340 e. The summed E-state index contributed by atoms with van der Waals surface area (Å²) in [6.07, 6.45) is 6.49. The third-order valence-corrected chi connectivity index (χ3v) is 5.46. The highest BCUT2D eigenvalue weighted by atomic mass is 16.2. The van der Waals surface area contributed by atoms with Crippen LogP contribution in [0.3, 0.4) is 0 Å². The van der Waals surface area contributed by atoms with Gasteiger partial charge in [0.25, 0.3) is 0 Å². The zero-order valence-corrected chi connectivity index (χ0v) is 18.0. The van der Waals surface area contributed by atoms with E-state index in [0.717, 1.165) is 16.7 Å². The zero-order valence-electron chi connectivity index (χ0n) is 18.0. The molecule has 1 saturated heterocycles. The molecule has 2 aromatic rings. The van der Waals surface area contributed by atoms with Gasteiger partial charge in [-0.05, 0) is 35.1 Å². The first kappa shape index (κ1) is 21.8. The predicted octanol–water partition coefficient (Wildman–Crippen LogP) is 3.81. The number of hydrogen-bond acceptors (Lipinski definition) is 3. The molecule has 0 N–H and O–H groups in total. The van der Waals surface area contributed by atoms with Gasteiger partial charge in [-0.25, -0.2) is 0 Å². The van der Waals surface area contributed by atoms with Crippen molar-refractivity contribution < 1.29 is 9.59 Å². The van der Waals surface area contributed by atoms with Crippen molar-refractivity contribution in [2.45, 2.75) is 26.7 Å². The lowest BCUT2D eigenvalue weighted by molar-refractivity contribution is -0.134. The Morgan fingerprint density at radius 3 is 2.60 bits per heavy atom. The van der Waals surface area contributed by atoms with E-state index in [-0.39, 0.29) is 17.7 Å². The lowest BCUT2D eigenvalue weighted by Crippen LogP contribution is -2.38. The summed E-state index contributed by atoms with van der Waals surface area (Å²) in [5.74, 6) is 0.299. The molecule has 0 radical (unpaired) electrons. The van der Waals surface area contributed by atoms with E-state index in [4.69, 9.17) is 0 Å². The third-order valence-electron chi connectivity index (χ3n) is 5.46. The van der Waals surface area contributed by atoms with Gasteiger partial charge in [-0.2, -0.15) is 0 Å². The first-order chi connectivity index (χ1) is 14.5. The molecule has 0 aliphatic carbocycles. The fourth-order valence-electron chi connectivity index (χ4n) is 3.89. The van der Waals surface area contributed by atoms with Crippen molar-refractivity contribution in [1.82, 2.24) is 14.8 Å². The molecule has 1 fully saturated rings. The van der Waals surface area contributed by atoms with Crippen LogP contribution < -0.4 is 0 Å². The average Bonchev–Trinajstić information content (AvgIpc) is 2.89. The molecule has 0 spiro atoms. The van der Waals surface area contributed by atoms with Crippen molar-refractivity contribution in [3.05, 3.63) is 67.0 Å². The normalized spacial score (nSPS) is 17.2. The second-order valence-electron chi connectivity index (χ2n) is 8.35. The van der Waals surface area contributed by atoms with Crippen LogP contribution in [0.25, 0.3) is 11.1 Å². The molecule has 0 saturated carbocycles. The topological polar surface area (TPSA) is 53.5 Å². The van der Waals surface area contributed by atoms with Gasteiger partial charge in [0, 0.05) is 45.0 Å². The van der Waals surface area contributed by atoms with Crippen molar-refractivity contribution in [2.75, 3.05) is 26.2 Å². The molecule has 1 aliphatic rings. The van der Waals surface area contributed by atoms with Gasteiger partial charge in [-0.3, -0.25) is 14.6 Å². The molecular formula is C25H31N3O2. The molecular weight excluding hydrogens is 374 g/mol. The van der Waals surface area contributed by atoms with E-state index in [9.17, 15) is 9.59 Å². The van der Waals surface area contributed by atoms with Gasteiger partial charge in [-0.1, -0.05) is 50.3 Å². The number of amides is 2. The Hall–Kier alpha value is -2.95. The van der Waals surface area contributed by atoms with Crippen molar-refractivity contribution in [2.24, 2.45) is 11.8 Å². The second kappa shape index (κ2) is 10.2. The highest BCUT2D eigenvalue weighted by molar-refractivity contribution is 5.82. The Labute approximate surface area is 179 Å². The largest absolute Gasteiger partial charge is 0.340 e. The van der Waals surface area contributed by atoms with Crippen molar-refractivity contribution in [3.63, 3.8) is 0 Å². The summed E-state index contributed by atoms with van der Waals surface area (Å²) in [5, 5.41) is 0. The minimum atomic E-state index is -0.243. The Morgan fingerprint density at radius 1 is 1.20 bits per heavy atom. The fraction of sp³-hybridized carbons (Fsp3) is 0.400. The quantitative estimate of drug-likeness (QED) is 0.658. The minimum absolute atomic E-state index is 0.103. The number of rotatable bonds is 7. The Bertz CT molecular complexity index is 862. The molecule has 1 aliphatic heterocycles. The molecule has 30 heavy (non-hydrogen) atoms. The highest BCUT2D eigenvalue weighted by Gasteiger charge is 2.31. The summed E-state index contributed by atoms with van der Waals surface area (Å²) in [6.45, 7) is 10.0. The molecule has 3 rings (SSSR count). The van der Waals surface area contributed by atoms with Crippen molar-refractivity contribution in [1.29, 1.82) is 0 Å². The van der Waals surface area contributed by atoms with E-state index in [1.807, 2.05) is 42.0 Å². The average molecular weight is 406 g/mol. The smallest absolute Gasteiger partial charge is 0.228 e. The number of pyridine rings is 1. The number of nitrogens with zero attached hydrogens (tertiary/aromatic N) is 3. The fourth-order valence-corrected chi connectivity index (χ4v) is 3.89. The number of benzene rings is 1. The van der Waals surface area contributed by atoms with E-state index in [0.29, 0.717) is 44.9 Å². The molecule has 2 heterocycles. The molecule has 158 valence electrons. The van der Waals surface area contributed by atoms with Gasteiger partial charge >= 0.3 is 0 Å². The van der Waals surface area contributed by atoms with Crippen LogP contribution in [0, 0.1) is 11.8 Å². The van der Waals surface area contributed by atoms with Crippen molar-refractivity contribution >= 4 is 11.8 Å². The second-order valence-corrected chi connectivity index (χ2v) is 8.35. The first-order valence-corrected chi connectivity index (χ1v) is 10.6. The highest BCUT2D eigenvalue weighted by Crippen LogP contribution is 2.22. The Balaban J connectivity index is 1.77. The van der Waals surface area contributed by atoms with Gasteiger partial charge in [0.1, 0.15) is 0 Å². The lowest BCUT2D eigenvalue weighted by Gasteiger charge is -2.24. The van der Waals surface area contributed by atoms with E-state index < -0.39 is 0 Å². The van der Waals surface area contributed by atoms with Crippen molar-refractivity contribution in [3.8, 4) is 11.1 Å². The van der Waals surface area contributed by atoms with Crippen LogP contribution in [-0.4, -0.2) is 52.8 Å². The van der Waals surface area contributed by atoms with E-state index in [2.05, 4.69) is 35.8 Å². The predicted molar refractivity (Wildman–Crippen MR) is 120 cm³/mol. The summed E-state index contributed by atoms with van der Waals surface area (Å²) in [4.78, 5) is 33.7. The Kier molecular flexibility index (Phi) is 7.39. The summed E-state index contributed by atoms with van der Waals surface area (Å²) in [5.41, 5.74) is 3.26. The summed E-state index contributed by atoms with van der Waals surface area (Å²) in [7, 11) is 0. The molecule has 1 atom stereocenters.